The van der Waals surface area contributed by atoms with Crippen LogP contribution in [0.2, 0.25) is 0 Å². The van der Waals surface area contributed by atoms with Gasteiger partial charge in [0.15, 0.2) is 0 Å². The molecule has 0 aliphatic rings. The first kappa shape index (κ1) is 16.6. The Kier molecular flexibility index (Phi) is 4.99. The van der Waals surface area contributed by atoms with Crippen LogP contribution in [0.25, 0.3) is 11.3 Å². The minimum absolute atomic E-state index is 0.233. The molecule has 128 valence electrons. The summed E-state index contributed by atoms with van der Waals surface area (Å²) in [6, 6.07) is 10.7. The number of carbonyl (C=O) groups excluding carboxylic acids is 1. The number of aromatic nitrogens is 1. The summed E-state index contributed by atoms with van der Waals surface area (Å²) in [5.74, 6) is 1.59. The fourth-order valence-electron chi connectivity index (χ4n) is 2.43. The van der Waals surface area contributed by atoms with E-state index >= 15 is 0 Å². The van der Waals surface area contributed by atoms with Gasteiger partial charge in [0.25, 0.3) is 5.91 Å². The van der Waals surface area contributed by atoms with E-state index in [2.05, 4.69) is 10.3 Å². The number of hydrogen-bond donors (Lipinski definition) is 1. The molecule has 0 bridgehead atoms. The number of nitrogens with zero attached hydrogens (tertiary/aromatic N) is 1. The molecular weight excluding hydrogens is 320 g/mol. The normalized spacial score (nSPS) is 10.3. The van der Waals surface area contributed by atoms with Crippen LogP contribution in [-0.2, 0) is 6.54 Å². The SMILES string of the molecule is COc1ccc(C(=O)NCc2cncc(-c3ccco3)c2)c(OC)c1. The molecule has 1 amide bonds. The second-order valence-corrected chi connectivity index (χ2v) is 5.31. The van der Waals surface area contributed by atoms with E-state index in [1.165, 1.54) is 7.11 Å². The zero-order valence-electron chi connectivity index (χ0n) is 14.0. The van der Waals surface area contributed by atoms with E-state index in [0.717, 1.165) is 16.9 Å². The Bertz CT molecular complexity index is 860. The average Bonchev–Trinajstić information content (AvgIpc) is 3.20. The standard InChI is InChI=1S/C19H18N2O4/c1-23-15-5-6-16(18(9-15)24-2)19(22)21-11-13-8-14(12-20-10-13)17-4-3-7-25-17/h3-10,12H,11H2,1-2H3,(H,21,22). The molecule has 2 heterocycles. The Morgan fingerprint density at radius 1 is 1.16 bits per heavy atom. The van der Waals surface area contributed by atoms with Gasteiger partial charge in [-0.15, -0.1) is 0 Å². The highest BCUT2D eigenvalue weighted by Crippen LogP contribution is 2.24. The van der Waals surface area contributed by atoms with Crippen molar-refractivity contribution in [3.63, 3.8) is 0 Å². The molecule has 1 N–H and O–H groups in total. The van der Waals surface area contributed by atoms with Crippen molar-refractivity contribution in [1.29, 1.82) is 0 Å². The summed E-state index contributed by atoms with van der Waals surface area (Å²) in [6.07, 6.45) is 5.04. The Hall–Kier alpha value is -3.28. The molecule has 1 aromatic carbocycles. The van der Waals surface area contributed by atoms with Gasteiger partial charge in [-0.25, -0.2) is 0 Å². The Morgan fingerprint density at radius 2 is 2.04 bits per heavy atom. The van der Waals surface area contributed by atoms with E-state index in [1.54, 1.807) is 44.0 Å². The molecule has 0 saturated heterocycles. The van der Waals surface area contributed by atoms with E-state index < -0.39 is 0 Å². The van der Waals surface area contributed by atoms with Gasteiger partial charge in [0, 0.05) is 30.6 Å². The molecular formula is C19H18N2O4. The maximum atomic E-state index is 12.4. The minimum atomic E-state index is -0.233. The van der Waals surface area contributed by atoms with Gasteiger partial charge in [0.1, 0.15) is 17.3 Å². The predicted octanol–water partition coefficient (Wildman–Crippen LogP) is 3.29. The van der Waals surface area contributed by atoms with Crippen molar-refractivity contribution in [2.75, 3.05) is 14.2 Å². The van der Waals surface area contributed by atoms with E-state index in [9.17, 15) is 4.79 Å². The lowest BCUT2D eigenvalue weighted by atomic mass is 10.1. The third-order valence-corrected chi connectivity index (χ3v) is 3.71. The first-order chi connectivity index (χ1) is 12.2. The van der Waals surface area contributed by atoms with Crippen LogP contribution < -0.4 is 14.8 Å². The monoisotopic (exact) mass is 338 g/mol. The highest BCUT2D eigenvalue weighted by molar-refractivity contribution is 5.97. The number of pyridine rings is 1. The first-order valence-corrected chi connectivity index (χ1v) is 7.69. The zero-order chi connectivity index (χ0) is 17.6. The number of hydrogen-bond acceptors (Lipinski definition) is 5. The van der Waals surface area contributed by atoms with Gasteiger partial charge in [0.05, 0.1) is 26.0 Å². The lowest BCUT2D eigenvalue weighted by Crippen LogP contribution is -2.23. The van der Waals surface area contributed by atoms with E-state index in [-0.39, 0.29) is 5.91 Å². The lowest BCUT2D eigenvalue weighted by Gasteiger charge is -2.11. The number of ether oxygens (including phenoxy) is 2. The summed E-state index contributed by atoms with van der Waals surface area (Å²) < 4.78 is 15.8. The fraction of sp³-hybridized carbons (Fsp3) is 0.158. The summed E-state index contributed by atoms with van der Waals surface area (Å²) in [7, 11) is 3.08. The largest absolute Gasteiger partial charge is 0.497 e. The van der Waals surface area contributed by atoms with Gasteiger partial charge in [-0.3, -0.25) is 9.78 Å². The smallest absolute Gasteiger partial charge is 0.255 e. The molecule has 0 atom stereocenters. The molecule has 0 unspecified atom stereocenters. The second-order valence-electron chi connectivity index (χ2n) is 5.31. The number of benzene rings is 1. The number of rotatable bonds is 6. The number of amides is 1. The molecule has 3 rings (SSSR count). The van der Waals surface area contributed by atoms with Gasteiger partial charge in [-0.05, 0) is 35.9 Å². The number of methoxy groups -OCH3 is 2. The third kappa shape index (κ3) is 3.80. The topological polar surface area (TPSA) is 73.6 Å². The van der Waals surface area contributed by atoms with Crippen LogP contribution in [0.3, 0.4) is 0 Å². The first-order valence-electron chi connectivity index (χ1n) is 7.69. The maximum Gasteiger partial charge on any atom is 0.255 e. The van der Waals surface area contributed by atoms with Crippen LogP contribution in [-0.4, -0.2) is 25.1 Å². The molecule has 0 saturated carbocycles. The van der Waals surface area contributed by atoms with Crippen molar-refractivity contribution < 1.29 is 18.7 Å². The highest BCUT2D eigenvalue weighted by atomic mass is 16.5. The Morgan fingerprint density at radius 3 is 2.76 bits per heavy atom. The minimum Gasteiger partial charge on any atom is -0.497 e. The summed E-state index contributed by atoms with van der Waals surface area (Å²) in [6.45, 7) is 0.343. The Balaban J connectivity index is 1.72. The third-order valence-electron chi connectivity index (χ3n) is 3.71. The van der Waals surface area contributed by atoms with Crippen LogP contribution in [0.4, 0.5) is 0 Å². The molecule has 2 aromatic heterocycles. The van der Waals surface area contributed by atoms with Gasteiger partial charge in [0.2, 0.25) is 0 Å². The molecule has 3 aromatic rings. The molecule has 0 radical (unpaired) electrons. The van der Waals surface area contributed by atoms with E-state index in [0.29, 0.717) is 23.6 Å². The van der Waals surface area contributed by atoms with Crippen LogP contribution in [0, 0.1) is 0 Å². The summed E-state index contributed by atoms with van der Waals surface area (Å²) in [4.78, 5) is 16.6. The van der Waals surface area contributed by atoms with Gasteiger partial charge in [-0.1, -0.05) is 0 Å². The summed E-state index contributed by atoms with van der Waals surface area (Å²) in [5, 5.41) is 2.87. The van der Waals surface area contributed by atoms with Crippen molar-refractivity contribution in [2.45, 2.75) is 6.54 Å². The number of nitrogens with one attached hydrogen (secondary N) is 1. The van der Waals surface area contributed by atoms with Gasteiger partial charge >= 0.3 is 0 Å². The Labute approximate surface area is 145 Å². The number of carbonyl (C=O) groups is 1. The van der Waals surface area contributed by atoms with Crippen molar-refractivity contribution in [3.8, 4) is 22.8 Å². The van der Waals surface area contributed by atoms with Gasteiger partial charge < -0.3 is 19.2 Å². The molecule has 0 fully saturated rings. The van der Waals surface area contributed by atoms with E-state index in [4.69, 9.17) is 13.9 Å². The van der Waals surface area contributed by atoms with Crippen molar-refractivity contribution in [1.82, 2.24) is 10.3 Å². The quantitative estimate of drug-likeness (QED) is 0.746. The molecule has 0 spiro atoms. The average molecular weight is 338 g/mol. The van der Waals surface area contributed by atoms with Crippen LogP contribution in [0.5, 0.6) is 11.5 Å². The predicted molar refractivity (Wildman–Crippen MR) is 92.7 cm³/mol. The summed E-state index contributed by atoms with van der Waals surface area (Å²) in [5.41, 5.74) is 2.17. The fourth-order valence-corrected chi connectivity index (χ4v) is 2.43. The van der Waals surface area contributed by atoms with Crippen LogP contribution >= 0.6 is 0 Å². The van der Waals surface area contributed by atoms with Crippen LogP contribution in [0.1, 0.15) is 15.9 Å². The molecule has 0 aliphatic carbocycles. The second kappa shape index (κ2) is 7.53. The maximum absolute atomic E-state index is 12.4. The molecule has 6 nitrogen and oxygen atoms in total. The van der Waals surface area contributed by atoms with Crippen LogP contribution in [0.15, 0.2) is 59.5 Å². The zero-order valence-corrected chi connectivity index (χ0v) is 14.0. The van der Waals surface area contributed by atoms with Crippen molar-refractivity contribution in [2.24, 2.45) is 0 Å². The molecule has 25 heavy (non-hydrogen) atoms. The van der Waals surface area contributed by atoms with Crippen molar-refractivity contribution >= 4 is 5.91 Å². The number of furan rings is 1. The summed E-state index contributed by atoms with van der Waals surface area (Å²) >= 11 is 0. The van der Waals surface area contributed by atoms with Crippen molar-refractivity contribution in [3.05, 3.63) is 66.2 Å². The molecule has 0 aliphatic heterocycles. The molecule has 6 heteroatoms. The highest BCUT2D eigenvalue weighted by Gasteiger charge is 2.13. The van der Waals surface area contributed by atoms with Gasteiger partial charge in [-0.2, -0.15) is 0 Å². The lowest BCUT2D eigenvalue weighted by molar-refractivity contribution is 0.0948. The van der Waals surface area contributed by atoms with E-state index in [1.807, 2.05) is 18.2 Å².